The number of imide groups is 1. The number of rotatable bonds is 4. The van der Waals surface area contributed by atoms with Crippen LogP contribution < -0.4 is 5.11 Å². The van der Waals surface area contributed by atoms with Gasteiger partial charge in [0, 0.05) is 6.54 Å². The van der Waals surface area contributed by atoms with Crippen LogP contribution in [-0.4, -0.2) is 37.6 Å². The van der Waals surface area contributed by atoms with E-state index in [1.54, 1.807) is 6.92 Å². The lowest BCUT2D eigenvalue weighted by atomic mass is 10.1. The summed E-state index contributed by atoms with van der Waals surface area (Å²) in [6.07, 6.45) is 0. The molecule has 0 radical (unpaired) electrons. The van der Waals surface area contributed by atoms with Gasteiger partial charge in [-0.2, -0.15) is 0 Å². The molecule has 1 aliphatic rings. The van der Waals surface area contributed by atoms with Crippen molar-refractivity contribution in [1.29, 1.82) is 0 Å². The standard InChI is InChI=1S/C17H13NO6S/c1-2-18-15(19)13-8-7-12(9-14(13)16(18)20)25(23,24)11-5-3-10(4-6-11)17(21)22/h3-9H,2H2,1H3,(H,21,22)/p-1. The van der Waals surface area contributed by atoms with Gasteiger partial charge in [0.05, 0.1) is 26.9 Å². The Bertz CT molecular complexity index is 1010. The molecule has 128 valence electrons. The first-order chi connectivity index (χ1) is 11.8. The number of carboxylic acid groups (broad SMARTS) is 1. The summed E-state index contributed by atoms with van der Waals surface area (Å²) in [6, 6.07) is 8.30. The molecular formula is C17H12NO6S-. The lowest BCUT2D eigenvalue weighted by molar-refractivity contribution is -0.255. The molecule has 1 heterocycles. The second-order valence-corrected chi connectivity index (χ2v) is 7.33. The van der Waals surface area contributed by atoms with Gasteiger partial charge in [0.15, 0.2) is 0 Å². The van der Waals surface area contributed by atoms with Crippen LogP contribution in [0.15, 0.2) is 52.3 Å². The molecule has 0 unspecified atom stereocenters. The molecule has 0 fully saturated rings. The van der Waals surface area contributed by atoms with Crippen LogP contribution >= 0.6 is 0 Å². The van der Waals surface area contributed by atoms with E-state index in [1.807, 2.05) is 0 Å². The summed E-state index contributed by atoms with van der Waals surface area (Å²) >= 11 is 0. The fraction of sp³-hybridized carbons (Fsp3) is 0.118. The zero-order valence-electron chi connectivity index (χ0n) is 13.1. The molecule has 2 amide bonds. The van der Waals surface area contributed by atoms with Gasteiger partial charge < -0.3 is 9.90 Å². The van der Waals surface area contributed by atoms with Crippen molar-refractivity contribution >= 4 is 27.6 Å². The molecule has 0 spiro atoms. The molecule has 2 aromatic carbocycles. The molecule has 0 N–H and O–H groups in total. The van der Waals surface area contributed by atoms with Crippen molar-refractivity contribution in [2.45, 2.75) is 16.7 Å². The van der Waals surface area contributed by atoms with Gasteiger partial charge in [-0.3, -0.25) is 14.5 Å². The zero-order chi connectivity index (χ0) is 18.4. The van der Waals surface area contributed by atoms with Gasteiger partial charge in [-0.05, 0) is 42.8 Å². The van der Waals surface area contributed by atoms with Gasteiger partial charge in [-0.1, -0.05) is 12.1 Å². The van der Waals surface area contributed by atoms with Gasteiger partial charge in [0.2, 0.25) is 9.84 Å². The monoisotopic (exact) mass is 358 g/mol. The van der Waals surface area contributed by atoms with Crippen molar-refractivity contribution in [2.24, 2.45) is 0 Å². The molecule has 0 bridgehead atoms. The predicted octanol–water partition coefficient (Wildman–Crippen LogP) is 0.499. The first-order valence-electron chi connectivity index (χ1n) is 7.34. The predicted molar refractivity (Wildman–Crippen MR) is 83.7 cm³/mol. The second-order valence-electron chi connectivity index (χ2n) is 5.38. The molecule has 2 aromatic rings. The fourth-order valence-electron chi connectivity index (χ4n) is 2.63. The van der Waals surface area contributed by atoms with Gasteiger partial charge in [0.25, 0.3) is 11.8 Å². The summed E-state index contributed by atoms with van der Waals surface area (Å²) in [7, 11) is -3.96. The number of carbonyl (C=O) groups is 3. The summed E-state index contributed by atoms with van der Waals surface area (Å²) in [4.78, 5) is 35.8. The van der Waals surface area contributed by atoms with Crippen molar-refractivity contribution in [1.82, 2.24) is 4.90 Å². The summed E-state index contributed by atoms with van der Waals surface area (Å²) in [5.74, 6) is -2.40. The maximum Gasteiger partial charge on any atom is 0.261 e. The number of benzene rings is 2. The minimum absolute atomic E-state index is 0.0410. The van der Waals surface area contributed by atoms with Crippen molar-refractivity contribution < 1.29 is 27.9 Å². The average molecular weight is 358 g/mol. The Balaban J connectivity index is 2.06. The Morgan fingerprint density at radius 3 is 2.08 bits per heavy atom. The van der Waals surface area contributed by atoms with E-state index in [2.05, 4.69) is 0 Å². The average Bonchev–Trinajstić information content (AvgIpc) is 2.85. The van der Waals surface area contributed by atoms with Gasteiger partial charge >= 0.3 is 0 Å². The lowest BCUT2D eigenvalue weighted by Crippen LogP contribution is -2.29. The van der Waals surface area contributed by atoms with Crippen molar-refractivity contribution in [2.75, 3.05) is 6.54 Å². The van der Waals surface area contributed by atoms with E-state index in [4.69, 9.17) is 0 Å². The van der Waals surface area contributed by atoms with E-state index in [1.165, 1.54) is 18.2 Å². The second kappa shape index (κ2) is 5.82. The lowest BCUT2D eigenvalue weighted by Gasteiger charge is -2.09. The highest BCUT2D eigenvalue weighted by atomic mass is 32.2. The smallest absolute Gasteiger partial charge is 0.261 e. The molecule has 1 aliphatic heterocycles. The highest BCUT2D eigenvalue weighted by molar-refractivity contribution is 7.91. The van der Waals surface area contributed by atoms with E-state index in [9.17, 15) is 27.9 Å². The number of amides is 2. The van der Waals surface area contributed by atoms with Crippen LogP contribution in [0, 0.1) is 0 Å². The first kappa shape index (κ1) is 16.8. The van der Waals surface area contributed by atoms with Crippen LogP contribution in [0.2, 0.25) is 0 Å². The number of carbonyl (C=O) groups excluding carboxylic acids is 3. The van der Waals surface area contributed by atoms with Crippen LogP contribution in [0.5, 0.6) is 0 Å². The Labute approximate surface area is 143 Å². The SMILES string of the molecule is CCN1C(=O)c2ccc(S(=O)(=O)c3ccc(C(=O)[O-])cc3)cc2C1=O. The number of nitrogens with zero attached hydrogens (tertiary/aromatic N) is 1. The Kier molecular flexibility index (Phi) is 3.92. The molecule has 0 atom stereocenters. The van der Waals surface area contributed by atoms with E-state index < -0.39 is 27.6 Å². The molecule has 25 heavy (non-hydrogen) atoms. The van der Waals surface area contributed by atoms with Crippen molar-refractivity contribution in [3.05, 3.63) is 59.2 Å². The molecule has 0 saturated heterocycles. The molecule has 0 aliphatic carbocycles. The summed E-state index contributed by atoms with van der Waals surface area (Å²) < 4.78 is 25.4. The molecule has 7 nitrogen and oxygen atoms in total. The third-order valence-corrected chi connectivity index (χ3v) is 5.74. The number of aromatic carboxylic acids is 1. The summed E-state index contributed by atoms with van der Waals surface area (Å²) in [5.41, 5.74) is 0.0599. The van der Waals surface area contributed by atoms with Gasteiger partial charge in [-0.15, -0.1) is 0 Å². The van der Waals surface area contributed by atoms with Gasteiger partial charge in [-0.25, -0.2) is 8.42 Å². The van der Waals surface area contributed by atoms with Crippen LogP contribution in [0.1, 0.15) is 38.0 Å². The topological polar surface area (TPSA) is 112 Å². The van der Waals surface area contributed by atoms with Crippen LogP contribution in [0.25, 0.3) is 0 Å². The van der Waals surface area contributed by atoms with Crippen LogP contribution in [0.4, 0.5) is 0 Å². The van der Waals surface area contributed by atoms with Crippen LogP contribution in [0.3, 0.4) is 0 Å². The van der Waals surface area contributed by atoms with E-state index >= 15 is 0 Å². The number of sulfone groups is 1. The molecule has 3 rings (SSSR count). The van der Waals surface area contributed by atoms with Crippen molar-refractivity contribution in [3.8, 4) is 0 Å². The molecule has 0 saturated carbocycles. The minimum Gasteiger partial charge on any atom is -0.545 e. The Hall–Kier alpha value is -3.00. The summed E-state index contributed by atoms with van der Waals surface area (Å²) in [6.45, 7) is 1.84. The number of fused-ring (bicyclic) bond motifs is 1. The quantitative estimate of drug-likeness (QED) is 0.736. The third kappa shape index (κ3) is 2.60. The molecule has 0 aromatic heterocycles. The maximum atomic E-state index is 12.7. The Morgan fingerprint density at radius 2 is 1.52 bits per heavy atom. The Morgan fingerprint density at radius 1 is 0.960 bits per heavy atom. The molecular weight excluding hydrogens is 346 g/mol. The maximum absolute atomic E-state index is 12.7. The third-order valence-electron chi connectivity index (χ3n) is 3.97. The highest BCUT2D eigenvalue weighted by Gasteiger charge is 2.35. The van der Waals surface area contributed by atoms with Gasteiger partial charge in [0.1, 0.15) is 0 Å². The largest absolute Gasteiger partial charge is 0.545 e. The van der Waals surface area contributed by atoms with E-state index in [-0.39, 0.29) is 33.0 Å². The number of hydrogen-bond acceptors (Lipinski definition) is 6. The number of carboxylic acids is 1. The highest BCUT2D eigenvalue weighted by Crippen LogP contribution is 2.28. The summed E-state index contributed by atoms with van der Waals surface area (Å²) in [5, 5.41) is 10.8. The minimum atomic E-state index is -3.96. The normalized spacial score (nSPS) is 13.9. The van der Waals surface area contributed by atoms with Crippen LogP contribution in [-0.2, 0) is 9.84 Å². The fourth-order valence-corrected chi connectivity index (χ4v) is 3.92. The van der Waals surface area contributed by atoms with E-state index in [0.29, 0.717) is 0 Å². The zero-order valence-corrected chi connectivity index (χ0v) is 13.9. The molecule has 8 heteroatoms. The number of hydrogen-bond donors (Lipinski definition) is 0. The van der Waals surface area contributed by atoms with E-state index in [0.717, 1.165) is 29.2 Å². The van der Waals surface area contributed by atoms with Crippen molar-refractivity contribution in [3.63, 3.8) is 0 Å². The first-order valence-corrected chi connectivity index (χ1v) is 8.82.